The van der Waals surface area contributed by atoms with Crippen molar-refractivity contribution in [3.05, 3.63) is 42.0 Å². The molecule has 0 saturated carbocycles. The number of hydrogen-bond donors (Lipinski definition) is 2. The summed E-state index contributed by atoms with van der Waals surface area (Å²) in [5.41, 5.74) is 1.29. The van der Waals surface area contributed by atoms with Gasteiger partial charge >= 0.3 is 11.9 Å². The van der Waals surface area contributed by atoms with Gasteiger partial charge in [-0.1, -0.05) is 17.7 Å². The monoisotopic (exact) mass is 347 g/mol. The van der Waals surface area contributed by atoms with Crippen LogP contribution in [0.1, 0.15) is 31.2 Å². The van der Waals surface area contributed by atoms with Crippen molar-refractivity contribution in [1.29, 1.82) is 0 Å². The first kappa shape index (κ1) is 19.0. The molecule has 2 saturated heterocycles. The summed E-state index contributed by atoms with van der Waals surface area (Å²) < 4.78 is 6.11. The molecule has 0 amide bonds. The number of carboxylic acids is 2. The Bertz CT molecular complexity index is 595. The molecule has 1 aromatic rings. The molecule has 136 valence electrons. The van der Waals surface area contributed by atoms with Crippen molar-refractivity contribution in [3.63, 3.8) is 0 Å². The first-order valence-corrected chi connectivity index (χ1v) is 8.44. The lowest BCUT2D eigenvalue weighted by molar-refractivity contribution is -0.134. The lowest BCUT2D eigenvalue weighted by Gasteiger charge is -2.36. The van der Waals surface area contributed by atoms with E-state index in [0.717, 1.165) is 17.8 Å². The quantitative estimate of drug-likeness (QED) is 0.815. The molecular weight excluding hydrogens is 322 g/mol. The standard InChI is InChI=1S/C15H21NO.C4H4O4/c1-11-3-7-14(8-4-11)17-15-9-12-5-6-13(10-15)16(12)2;5-3(6)1-2-4(7)8/h3-4,7-8,12-13,15H,5-6,9-10H2,1-2H3;1-2H,(H,5,6)(H,7,8)/b;2-1+. The van der Waals surface area contributed by atoms with Crippen LogP contribution in [0.4, 0.5) is 0 Å². The molecule has 1 aromatic carbocycles. The van der Waals surface area contributed by atoms with Crippen molar-refractivity contribution >= 4 is 11.9 Å². The molecule has 0 aromatic heterocycles. The maximum Gasteiger partial charge on any atom is 0.328 e. The highest BCUT2D eigenvalue weighted by atomic mass is 16.5. The van der Waals surface area contributed by atoms with Crippen molar-refractivity contribution in [2.45, 2.75) is 50.8 Å². The third-order valence-electron chi connectivity index (χ3n) is 4.75. The Balaban J connectivity index is 0.000000242. The summed E-state index contributed by atoms with van der Waals surface area (Å²) in [4.78, 5) is 21.7. The van der Waals surface area contributed by atoms with E-state index >= 15 is 0 Å². The number of aliphatic carboxylic acids is 2. The van der Waals surface area contributed by atoms with Gasteiger partial charge in [0, 0.05) is 24.2 Å². The molecule has 2 atom stereocenters. The van der Waals surface area contributed by atoms with Gasteiger partial charge in [0.25, 0.3) is 0 Å². The van der Waals surface area contributed by atoms with Crippen molar-refractivity contribution in [2.24, 2.45) is 0 Å². The first-order valence-electron chi connectivity index (χ1n) is 8.44. The largest absolute Gasteiger partial charge is 0.490 e. The van der Waals surface area contributed by atoms with Crippen LogP contribution in [0.25, 0.3) is 0 Å². The van der Waals surface area contributed by atoms with Gasteiger partial charge in [0.1, 0.15) is 11.9 Å². The second-order valence-corrected chi connectivity index (χ2v) is 6.58. The zero-order valence-electron chi connectivity index (χ0n) is 14.6. The molecule has 2 aliphatic heterocycles. The van der Waals surface area contributed by atoms with Gasteiger partial charge in [0.15, 0.2) is 0 Å². The van der Waals surface area contributed by atoms with E-state index in [2.05, 4.69) is 43.1 Å². The SMILES string of the molecule is Cc1ccc(OC2CC3CCC(C2)N3C)cc1.O=C(O)/C=C/C(=O)O. The van der Waals surface area contributed by atoms with Gasteiger partial charge in [-0.3, -0.25) is 0 Å². The maximum absolute atomic E-state index is 9.55. The van der Waals surface area contributed by atoms with Crippen molar-refractivity contribution < 1.29 is 24.5 Å². The summed E-state index contributed by atoms with van der Waals surface area (Å²) in [5.74, 6) is -1.48. The van der Waals surface area contributed by atoms with E-state index in [1.54, 1.807) is 0 Å². The number of nitrogens with zero attached hydrogens (tertiary/aromatic N) is 1. The number of hydrogen-bond acceptors (Lipinski definition) is 4. The van der Waals surface area contributed by atoms with Crippen LogP contribution in [-0.2, 0) is 9.59 Å². The average molecular weight is 347 g/mol. The molecule has 2 fully saturated rings. The van der Waals surface area contributed by atoms with E-state index in [1.807, 2.05) is 0 Å². The van der Waals surface area contributed by atoms with Crippen LogP contribution in [0.5, 0.6) is 5.75 Å². The fourth-order valence-corrected chi connectivity index (χ4v) is 3.41. The number of carbonyl (C=O) groups is 2. The van der Waals surface area contributed by atoms with Gasteiger partial charge in [0.2, 0.25) is 0 Å². The number of benzene rings is 1. The number of rotatable bonds is 4. The van der Waals surface area contributed by atoms with Crippen LogP contribution in [0, 0.1) is 6.92 Å². The predicted molar refractivity (Wildman–Crippen MR) is 93.8 cm³/mol. The fourth-order valence-electron chi connectivity index (χ4n) is 3.41. The van der Waals surface area contributed by atoms with Gasteiger partial charge in [-0.2, -0.15) is 0 Å². The topological polar surface area (TPSA) is 87.1 Å². The Morgan fingerprint density at radius 2 is 1.52 bits per heavy atom. The number of carboxylic acid groups (broad SMARTS) is 2. The highest BCUT2D eigenvalue weighted by Crippen LogP contribution is 2.35. The highest BCUT2D eigenvalue weighted by Gasteiger charge is 2.39. The lowest BCUT2D eigenvalue weighted by Crippen LogP contribution is -2.43. The van der Waals surface area contributed by atoms with E-state index < -0.39 is 11.9 Å². The van der Waals surface area contributed by atoms with Crippen molar-refractivity contribution in [1.82, 2.24) is 4.90 Å². The smallest absolute Gasteiger partial charge is 0.328 e. The zero-order chi connectivity index (χ0) is 18.4. The van der Waals surface area contributed by atoms with Crippen molar-refractivity contribution in [2.75, 3.05) is 7.05 Å². The van der Waals surface area contributed by atoms with Gasteiger partial charge < -0.3 is 19.8 Å². The minimum absolute atomic E-state index is 0.423. The Hall–Kier alpha value is -2.34. The van der Waals surface area contributed by atoms with Crippen LogP contribution in [-0.4, -0.2) is 52.3 Å². The number of aryl methyl sites for hydroxylation is 1. The second-order valence-electron chi connectivity index (χ2n) is 6.58. The van der Waals surface area contributed by atoms with Crippen LogP contribution < -0.4 is 4.74 Å². The Kier molecular flexibility index (Phi) is 6.58. The molecule has 2 aliphatic rings. The van der Waals surface area contributed by atoms with Gasteiger partial charge in [0.05, 0.1) is 0 Å². The van der Waals surface area contributed by atoms with E-state index in [0.29, 0.717) is 18.3 Å². The summed E-state index contributed by atoms with van der Waals surface area (Å²) in [6.45, 7) is 2.11. The summed E-state index contributed by atoms with van der Waals surface area (Å²) in [6, 6.07) is 9.94. The molecule has 0 spiro atoms. The minimum atomic E-state index is -1.26. The van der Waals surface area contributed by atoms with Crippen LogP contribution in [0.2, 0.25) is 0 Å². The third kappa shape index (κ3) is 5.90. The van der Waals surface area contributed by atoms with Gasteiger partial charge in [-0.05, 0) is 51.8 Å². The summed E-state index contributed by atoms with van der Waals surface area (Å²) in [7, 11) is 2.27. The van der Waals surface area contributed by atoms with E-state index in [4.69, 9.17) is 14.9 Å². The second kappa shape index (κ2) is 8.67. The van der Waals surface area contributed by atoms with E-state index in [9.17, 15) is 9.59 Å². The van der Waals surface area contributed by atoms with E-state index in [-0.39, 0.29) is 0 Å². The molecule has 2 N–H and O–H groups in total. The first-order chi connectivity index (χ1) is 11.8. The molecule has 6 heteroatoms. The average Bonchev–Trinajstić information content (AvgIpc) is 2.77. The molecule has 2 heterocycles. The van der Waals surface area contributed by atoms with Crippen LogP contribution in [0.15, 0.2) is 36.4 Å². The summed E-state index contributed by atoms with van der Waals surface area (Å²) in [5, 5.41) is 15.6. The minimum Gasteiger partial charge on any atom is -0.490 e. The van der Waals surface area contributed by atoms with Gasteiger partial charge in [-0.15, -0.1) is 0 Å². The molecule has 2 bridgehead atoms. The Morgan fingerprint density at radius 3 is 1.96 bits per heavy atom. The molecule has 0 aliphatic carbocycles. The molecule has 2 unspecified atom stereocenters. The molecule has 6 nitrogen and oxygen atoms in total. The molecule has 25 heavy (non-hydrogen) atoms. The Morgan fingerprint density at radius 1 is 1.04 bits per heavy atom. The molecule has 0 radical (unpaired) electrons. The van der Waals surface area contributed by atoms with Crippen molar-refractivity contribution in [3.8, 4) is 5.75 Å². The van der Waals surface area contributed by atoms with Crippen LogP contribution in [0.3, 0.4) is 0 Å². The summed E-state index contributed by atoms with van der Waals surface area (Å²) >= 11 is 0. The molecular formula is C19H25NO5. The maximum atomic E-state index is 9.55. The van der Waals surface area contributed by atoms with Crippen LogP contribution >= 0.6 is 0 Å². The Labute approximate surface area is 147 Å². The number of piperidine rings is 1. The zero-order valence-corrected chi connectivity index (χ0v) is 14.6. The van der Waals surface area contributed by atoms with Gasteiger partial charge in [-0.25, -0.2) is 9.59 Å². The normalized spacial score (nSPS) is 25.3. The number of ether oxygens (including phenoxy) is 1. The lowest BCUT2D eigenvalue weighted by atomic mass is 10.0. The summed E-state index contributed by atoms with van der Waals surface area (Å²) in [6.07, 6.45) is 6.64. The predicted octanol–water partition coefficient (Wildman–Crippen LogP) is 2.71. The highest BCUT2D eigenvalue weighted by molar-refractivity contribution is 5.89. The number of fused-ring (bicyclic) bond motifs is 2. The van der Waals surface area contributed by atoms with E-state index in [1.165, 1.54) is 31.2 Å². The third-order valence-corrected chi connectivity index (χ3v) is 4.75. The molecule has 3 rings (SSSR count). The fraction of sp³-hybridized carbons (Fsp3) is 0.474.